The van der Waals surface area contributed by atoms with Crippen LogP contribution in [0.15, 0.2) is 83.0 Å². The van der Waals surface area contributed by atoms with Crippen LogP contribution >= 0.6 is 0 Å². The van der Waals surface area contributed by atoms with Crippen LogP contribution in [0, 0.1) is 0 Å². The van der Waals surface area contributed by atoms with Gasteiger partial charge in [0.25, 0.3) is 0 Å². The summed E-state index contributed by atoms with van der Waals surface area (Å²) < 4.78 is 2.05. The third-order valence-corrected chi connectivity index (χ3v) is 6.59. The van der Waals surface area contributed by atoms with Crippen molar-refractivity contribution in [3.8, 4) is 22.5 Å². The SMILES string of the molecule is CCNC(=NC)c1ccn2cc(-c3ccc(-c4cc5ccc(C6=NCCCN6)cc5[nH]4)cc3)nc2c1. The molecule has 7 heteroatoms. The van der Waals surface area contributed by atoms with Gasteiger partial charge in [-0.3, -0.25) is 9.98 Å². The highest BCUT2D eigenvalue weighted by Crippen LogP contribution is 2.28. The van der Waals surface area contributed by atoms with Crippen molar-refractivity contribution < 1.29 is 0 Å². The van der Waals surface area contributed by atoms with Crippen LogP contribution in [0.2, 0.25) is 0 Å². The van der Waals surface area contributed by atoms with Crippen molar-refractivity contribution >= 4 is 28.2 Å². The quantitative estimate of drug-likeness (QED) is 0.250. The van der Waals surface area contributed by atoms with Gasteiger partial charge in [0, 0.05) is 72.4 Å². The van der Waals surface area contributed by atoms with E-state index in [1.54, 1.807) is 7.05 Å². The van der Waals surface area contributed by atoms with Crippen LogP contribution in [0.25, 0.3) is 39.1 Å². The molecule has 0 spiro atoms. The lowest BCUT2D eigenvalue weighted by Crippen LogP contribution is -2.30. The van der Waals surface area contributed by atoms with Crippen molar-refractivity contribution in [2.75, 3.05) is 26.7 Å². The Hall–Kier alpha value is -4.39. The average molecular weight is 476 g/mol. The summed E-state index contributed by atoms with van der Waals surface area (Å²) in [5, 5.41) is 7.90. The first-order valence-corrected chi connectivity index (χ1v) is 12.4. The minimum atomic E-state index is 0.827. The predicted octanol–water partition coefficient (Wildman–Crippen LogP) is 4.88. The van der Waals surface area contributed by atoms with E-state index >= 15 is 0 Å². The molecule has 4 heterocycles. The number of aliphatic imine (C=N–C) groups is 2. The molecule has 0 fully saturated rings. The normalized spacial score (nSPS) is 14.2. The van der Waals surface area contributed by atoms with Crippen LogP contribution in [0.4, 0.5) is 0 Å². The van der Waals surface area contributed by atoms with Crippen molar-refractivity contribution in [3.05, 3.63) is 84.2 Å². The van der Waals surface area contributed by atoms with Gasteiger partial charge in [-0.1, -0.05) is 36.4 Å². The predicted molar refractivity (Wildman–Crippen MR) is 148 cm³/mol. The highest BCUT2D eigenvalue weighted by molar-refractivity contribution is 6.02. The summed E-state index contributed by atoms with van der Waals surface area (Å²) in [6.07, 6.45) is 5.19. The Labute approximate surface area is 210 Å². The second-order valence-corrected chi connectivity index (χ2v) is 8.98. The molecular weight excluding hydrogens is 446 g/mol. The fraction of sp³-hybridized carbons (Fsp3) is 0.207. The molecule has 0 bridgehead atoms. The standard InChI is InChI=1S/C29H29N7/c1-3-31-28(30-2)23-11-14-36-18-26(35-27(36)17-23)20-7-5-19(6-8-20)24-15-21-9-10-22(16-25(21)34-24)29-32-12-4-13-33-29/h5-11,14-18,34H,3-4,12-13H2,1-2H3,(H,30,31)(H,32,33). The molecule has 1 aliphatic heterocycles. The van der Waals surface area contributed by atoms with Gasteiger partial charge in [-0.2, -0.15) is 0 Å². The maximum Gasteiger partial charge on any atom is 0.138 e. The second-order valence-electron chi connectivity index (χ2n) is 8.98. The molecule has 3 aromatic heterocycles. The van der Waals surface area contributed by atoms with E-state index < -0.39 is 0 Å². The largest absolute Gasteiger partial charge is 0.370 e. The van der Waals surface area contributed by atoms with Crippen LogP contribution < -0.4 is 10.6 Å². The van der Waals surface area contributed by atoms with E-state index in [1.165, 1.54) is 5.39 Å². The van der Waals surface area contributed by atoms with Crippen molar-refractivity contribution in [2.45, 2.75) is 13.3 Å². The number of H-pyrrole nitrogens is 1. The van der Waals surface area contributed by atoms with Gasteiger partial charge in [-0.25, -0.2) is 4.98 Å². The molecule has 0 saturated heterocycles. The maximum atomic E-state index is 4.87. The number of hydrogen-bond acceptors (Lipinski definition) is 4. The molecule has 0 aliphatic carbocycles. The summed E-state index contributed by atoms with van der Waals surface area (Å²) in [5.41, 5.74) is 8.45. The Morgan fingerprint density at radius 3 is 2.64 bits per heavy atom. The number of fused-ring (bicyclic) bond motifs is 2. The first-order chi connectivity index (χ1) is 17.7. The second kappa shape index (κ2) is 9.34. The molecule has 5 aromatic rings. The lowest BCUT2D eigenvalue weighted by atomic mass is 10.1. The summed E-state index contributed by atoms with van der Waals surface area (Å²) in [5.74, 6) is 1.87. The van der Waals surface area contributed by atoms with Crippen LogP contribution in [-0.4, -0.2) is 52.7 Å². The van der Waals surface area contributed by atoms with Gasteiger partial charge in [0.15, 0.2) is 0 Å². The molecule has 36 heavy (non-hydrogen) atoms. The zero-order chi connectivity index (χ0) is 24.5. The van der Waals surface area contributed by atoms with Gasteiger partial charge in [0.2, 0.25) is 0 Å². The van der Waals surface area contributed by atoms with Crippen LogP contribution in [0.5, 0.6) is 0 Å². The number of nitrogens with zero attached hydrogens (tertiary/aromatic N) is 4. The third kappa shape index (κ3) is 4.13. The molecule has 0 atom stereocenters. The number of rotatable bonds is 5. The van der Waals surface area contributed by atoms with Gasteiger partial charge < -0.3 is 20.0 Å². The zero-order valence-electron chi connectivity index (χ0n) is 20.5. The lowest BCUT2D eigenvalue weighted by molar-refractivity contribution is 0.742. The van der Waals surface area contributed by atoms with Gasteiger partial charge >= 0.3 is 0 Å². The van der Waals surface area contributed by atoms with E-state index in [1.807, 2.05) is 10.6 Å². The molecular formula is C29H29N7. The molecule has 180 valence electrons. The van der Waals surface area contributed by atoms with Crippen molar-refractivity contribution in [1.29, 1.82) is 0 Å². The molecule has 1 aliphatic rings. The molecule has 7 nitrogen and oxygen atoms in total. The van der Waals surface area contributed by atoms with E-state index in [-0.39, 0.29) is 0 Å². The number of aromatic nitrogens is 3. The number of pyridine rings is 1. The summed E-state index contributed by atoms with van der Waals surface area (Å²) in [7, 11) is 1.80. The molecule has 3 N–H and O–H groups in total. The molecule has 0 radical (unpaired) electrons. The van der Waals surface area contributed by atoms with Gasteiger partial charge in [0.1, 0.15) is 17.3 Å². The van der Waals surface area contributed by atoms with Crippen LogP contribution in [-0.2, 0) is 0 Å². The highest BCUT2D eigenvalue weighted by atomic mass is 15.0. The monoisotopic (exact) mass is 475 g/mol. The number of benzene rings is 2. The summed E-state index contributed by atoms with van der Waals surface area (Å²) in [6, 6.07) is 21.4. The highest BCUT2D eigenvalue weighted by Gasteiger charge is 2.11. The smallest absolute Gasteiger partial charge is 0.138 e. The van der Waals surface area contributed by atoms with Crippen LogP contribution in [0.3, 0.4) is 0 Å². The fourth-order valence-electron chi connectivity index (χ4n) is 4.72. The van der Waals surface area contributed by atoms with Gasteiger partial charge in [-0.15, -0.1) is 0 Å². The Balaban J connectivity index is 1.27. The van der Waals surface area contributed by atoms with E-state index in [0.717, 1.165) is 82.5 Å². The number of hydrogen-bond donors (Lipinski definition) is 3. The number of imidazole rings is 1. The number of amidine groups is 2. The van der Waals surface area contributed by atoms with Crippen molar-refractivity contribution in [3.63, 3.8) is 0 Å². The molecule has 0 amide bonds. The van der Waals surface area contributed by atoms with Gasteiger partial charge in [0.05, 0.1) is 5.69 Å². The molecule has 0 unspecified atom stereocenters. The average Bonchev–Trinajstić information content (AvgIpc) is 3.56. The van der Waals surface area contributed by atoms with E-state index in [0.29, 0.717) is 0 Å². The minimum Gasteiger partial charge on any atom is -0.370 e. The number of aromatic amines is 1. The van der Waals surface area contributed by atoms with Crippen molar-refractivity contribution in [1.82, 2.24) is 25.0 Å². The topological polar surface area (TPSA) is 81.9 Å². The van der Waals surface area contributed by atoms with E-state index in [9.17, 15) is 0 Å². The Morgan fingerprint density at radius 1 is 1.03 bits per heavy atom. The first-order valence-electron chi connectivity index (χ1n) is 12.4. The first kappa shape index (κ1) is 22.1. The molecule has 6 rings (SSSR count). The van der Waals surface area contributed by atoms with E-state index in [2.05, 4.69) is 99.4 Å². The number of nitrogens with one attached hydrogen (secondary N) is 3. The summed E-state index contributed by atoms with van der Waals surface area (Å²) in [6.45, 7) is 4.77. The Kier molecular flexibility index (Phi) is 5.73. The van der Waals surface area contributed by atoms with Gasteiger partial charge in [-0.05, 0) is 43.2 Å². The summed E-state index contributed by atoms with van der Waals surface area (Å²) in [4.78, 5) is 17.4. The van der Waals surface area contributed by atoms with Crippen LogP contribution in [0.1, 0.15) is 24.5 Å². The maximum absolute atomic E-state index is 4.87. The molecule has 0 saturated carbocycles. The fourth-order valence-corrected chi connectivity index (χ4v) is 4.72. The Bertz CT molecular complexity index is 1600. The molecule has 2 aromatic carbocycles. The summed E-state index contributed by atoms with van der Waals surface area (Å²) >= 11 is 0. The third-order valence-electron chi connectivity index (χ3n) is 6.59. The Morgan fingerprint density at radius 2 is 1.86 bits per heavy atom. The van der Waals surface area contributed by atoms with Crippen molar-refractivity contribution in [2.24, 2.45) is 9.98 Å². The van der Waals surface area contributed by atoms with E-state index in [4.69, 9.17) is 4.98 Å². The lowest BCUT2D eigenvalue weighted by Gasteiger charge is -2.14. The minimum absolute atomic E-state index is 0.827. The zero-order valence-corrected chi connectivity index (χ0v) is 20.5.